The summed E-state index contributed by atoms with van der Waals surface area (Å²) in [5, 5.41) is 0. The first kappa shape index (κ1) is 14.7. The van der Waals surface area contributed by atoms with Crippen molar-refractivity contribution in [1.29, 1.82) is 0 Å². The number of benzene rings is 1. The van der Waals surface area contributed by atoms with Crippen LogP contribution in [0.4, 0.5) is 5.69 Å². The Balaban J connectivity index is 2.27. The van der Waals surface area contributed by atoms with Crippen molar-refractivity contribution in [1.82, 2.24) is 4.72 Å². The highest BCUT2D eigenvalue weighted by atomic mass is 32.2. The number of hydrogen-bond donors (Lipinski definition) is 2. The van der Waals surface area contributed by atoms with E-state index in [0.29, 0.717) is 22.7 Å². The first-order valence-corrected chi connectivity index (χ1v) is 8.93. The second kappa shape index (κ2) is 5.00. The third-order valence-corrected chi connectivity index (χ3v) is 6.85. The average molecular weight is 300 g/mol. The van der Waals surface area contributed by atoms with Crippen molar-refractivity contribution in [3.63, 3.8) is 0 Å². The number of hydrogen-bond acceptors (Lipinski definition) is 4. The summed E-state index contributed by atoms with van der Waals surface area (Å²) in [6, 6.07) is 3.49. The lowest BCUT2D eigenvalue weighted by molar-refractivity contribution is 0.578. The van der Waals surface area contributed by atoms with Gasteiger partial charge in [-0.2, -0.15) is 11.8 Å². The van der Waals surface area contributed by atoms with Crippen LogP contribution in [0.25, 0.3) is 0 Å². The van der Waals surface area contributed by atoms with Gasteiger partial charge in [0.05, 0.1) is 4.90 Å². The van der Waals surface area contributed by atoms with Crippen molar-refractivity contribution in [3.8, 4) is 0 Å². The lowest BCUT2D eigenvalue weighted by atomic mass is 10.1. The van der Waals surface area contributed by atoms with Crippen LogP contribution in [0.15, 0.2) is 17.0 Å². The third-order valence-electron chi connectivity index (χ3n) is 3.74. The fraction of sp³-hybridized carbons (Fsp3) is 0.538. The van der Waals surface area contributed by atoms with Crippen LogP contribution in [0.3, 0.4) is 0 Å². The molecule has 0 aromatic heterocycles. The minimum Gasteiger partial charge on any atom is -0.398 e. The molecule has 3 N–H and O–H groups in total. The first-order valence-electron chi connectivity index (χ1n) is 6.22. The molecule has 1 aliphatic rings. The molecule has 0 saturated heterocycles. The number of aryl methyl sites for hydroxylation is 1. The van der Waals surface area contributed by atoms with Crippen molar-refractivity contribution >= 4 is 27.5 Å². The highest BCUT2D eigenvalue weighted by Crippen LogP contribution is 2.46. The average Bonchev–Trinajstić information content (AvgIpc) is 3.13. The van der Waals surface area contributed by atoms with Gasteiger partial charge < -0.3 is 5.73 Å². The third kappa shape index (κ3) is 2.90. The topological polar surface area (TPSA) is 72.2 Å². The highest BCUT2D eigenvalue weighted by Gasteiger charge is 2.42. The van der Waals surface area contributed by atoms with Crippen LogP contribution < -0.4 is 10.5 Å². The lowest BCUT2D eigenvalue weighted by Crippen LogP contribution is -2.32. The minimum absolute atomic E-state index is 0.106. The monoisotopic (exact) mass is 300 g/mol. The van der Waals surface area contributed by atoms with Crippen LogP contribution in [0.5, 0.6) is 0 Å². The molecule has 1 fully saturated rings. The fourth-order valence-corrected chi connectivity index (χ4v) is 4.59. The van der Waals surface area contributed by atoms with E-state index in [4.69, 9.17) is 5.73 Å². The van der Waals surface area contributed by atoms with E-state index in [1.54, 1.807) is 37.7 Å². The zero-order valence-corrected chi connectivity index (χ0v) is 13.1. The molecule has 1 aliphatic carbocycles. The quantitative estimate of drug-likeness (QED) is 0.817. The van der Waals surface area contributed by atoms with Gasteiger partial charge in [0.1, 0.15) is 0 Å². The molecule has 106 valence electrons. The molecule has 4 nitrogen and oxygen atoms in total. The van der Waals surface area contributed by atoms with E-state index in [1.165, 1.54) is 0 Å². The maximum atomic E-state index is 12.4. The number of nitrogens with one attached hydrogen (secondary N) is 1. The summed E-state index contributed by atoms with van der Waals surface area (Å²) in [5.74, 6) is 0. The summed E-state index contributed by atoms with van der Waals surface area (Å²) in [6.45, 7) is 4.03. The number of thioether (sulfide) groups is 1. The van der Waals surface area contributed by atoms with Crippen molar-refractivity contribution in [2.45, 2.75) is 36.3 Å². The zero-order chi connectivity index (χ0) is 14.3. The molecule has 19 heavy (non-hydrogen) atoms. The standard InChI is InChI=1S/C13H20N2O2S2/c1-9-4-5-11(14)10(2)12(9)19(16,17)15-8-13(18-3)6-7-13/h4-5,15H,6-8,14H2,1-3H3. The van der Waals surface area contributed by atoms with Gasteiger partial charge in [0.25, 0.3) is 0 Å². The highest BCUT2D eigenvalue weighted by molar-refractivity contribution is 8.00. The molecule has 1 saturated carbocycles. The fourth-order valence-electron chi connectivity index (χ4n) is 2.15. The molecule has 0 unspecified atom stereocenters. The summed E-state index contributed by atoms with van der Waals surface area (Å²) < 4.78 is 27.7. The Morgan fingerprint density at radius 2 is 2.00 bits per heavy atom. The summed E-state index contributed by atoms with van der Waals surface area (Å²) in [5.41, 5.74) is 7.68. The molecule has 0 radical (unpaired) electrons. The molecule has 0 aliphatic heterocycles. The molecule has 0 bridgehead atoms. The molecular formula is C13H20N2O2S2. The van der Waals surface area contributed by atoms with E-state index < -0.39 is 10.0 Å². The molecular weight excluding hydrogens is 280 g/mol. The Labute approximate surface area is 119 Å². The molecule has 1 aromatic rings. The summed E-state index contributed by atoms with van der Waals surface area (Å²) >= 11 is 1.73. The molecule has 2 rings (SSSR count). The minimum atomic E-state index is -3.49. The number of sulfonamides is 1. The molecule has 1 aromatic carbocycles. The van der Waals surface area contributed by atoms with E-state index in [0.717, 1.165) is 18.4 Å². The van der Waals surface area contributed by atoms with Crippen molar-refractivity contribution in [3.05, 3.63) is 23.3 Å². The Hall–Kier alpha value is -0.720. The molecule has 0 heterocycles. The van der Waals surface area contributed by atoms with Crippen molar-refractivity contribution in [2.24, 2.45) is 0 Å². The summed E-state index contributed by atoms with van der Waals surface area (Å²) in [6.07, 6.45) is 4.18. The van der Waals surface area contributed by atoms with Gasteiger partial charge in [-0.1, -0.05) is 6.07 Å². The van der Waals surface area contributed by atoms with E-state index in [9.17, 15) is 8.42 Å². The second-order valence-electron chi connectivity index (χ2n) is 5.14. The Morgan fingerprint density at radius 3 is 2.53 bits per heavy atom. The SMILES string of the molecule is CSC1(CNS(=O)(=O)c2c(C)ccc(N)c2C)CC1. The van der Waals surface area contributed by atoms with E-state index >= 15 is 0 Å². The predicted octanol–water partition coefficient (Wildman–Crippen LogP) is 2.06. The van der Waals surface area contributed by atoms with Gasteiger partial charge in [-0.3, -0.25) is 0 Å². The summed E-state index contributed by atoms with van der Waals surface area (Å²) in [4.78, 5) is 0.324. The Kier molecular flexibility index (Phi) is 3.86. The maximum Gasteiger partial charge on any atom is 0.241 e. The molecule has 0 amide bonds. The van der Waals surface area contributed by atoms with E-state index in [2.05, 4.69) is 4.72 Å². The van der Waals surface area contributed by atoms with Gasteiger partial charge in [-0.25, -0.2) is 13.1 Å². The number of nitrogens with two attached hydrogens (primary N) is 1. The number of rotatable bonds is 5. The van der Waals surface area contributed by atoms with Gasteiger partial charge >= 0.3 is 0 Å². The van der Waals surface area contributed by atoms with E-state index in [1.807, 2.05) is 6.26 Å². The van der Waals surface area contributed by atoms with Gasteiger partial charge in [0, 0.05) is 17.0 Å². The Bertz CT molecular complexity index is 593. The molecule has 0 spiro atoms. The van der Waals surface area contributed by atoms with Crippen LogP contribution in [0, 0.1) is 13.8 Å². The van der Waals surface area contributed by atoms with Crippen LogP contribution in [-0.2, 0) is 10.0 Å². The van der Waals surface area contributed by atoms with Crippen LogP contribution >= 0.6 is 11.8 Å². The predicted molar refractivity (Wildman–Crippen MR) is 81.0 cm³/mol. The number of nitrogen functional groups attached to an aromatic ring is 1. The van der Waals surface area contributed by atoms with Crippen molar-refractivity contribution in [2.75, 3.05) is 18.5 Å². The van der Waals surface area contributed by atoms with Crippen LogP contribution in [-0.4, -0.2) is 26.0 Å². The first-order chi connectivity index (χ1) is 8.81. The number of anilines is 1. The van der Waals surface area contributed by atoms with Gasteiger partial charge in [-0.05, 0) is 50.1 Å². The molecule has 6 heteroatoms. The Morgan fingerprint density at radius 1 is 1.37 bits per heavy atom. The maximum absolute atomic E-state index is 12.4. The van der Waals surface area contributed by atoms with Gasteiger partial charge in [0.2, 0.25) is 10.0 Å². The van der Waals surface area contributed by atoms with Gasteiger partial charge in [0.15, 0.2) is 0 Å². The smallest absolute Gasteiger partial charge is 0.241 e. The largest absolute Gasteiger partial charge is 0.398 e. The normalized spacial score (nSPS) is 17.4. The molecule has 0 atom stereocenters. The zero-order valence-electron chi connectivity index (χ0n) is 11.5. The lowest BCUT2D eigenvalue weighted by Gasteiger charge is -2.16. The van der Waals surface area contributed by atoms with Gasteiger partial charge in [-0.15, -0.1) is 0 Å². The van der Waals surface area contributed by atoms with E-state index in [-0.39, 0.29) is 4.75 Å². The second-order valence-corrected chi connectivity index (χ2v) is 8.12. The van der Waals surface area contributed by atoms with Crippen molar-refractivity contribution < 1.29 is 8.42 Å². The summed E-state index contributed by atoms with van der Waals surface area (Å²) in [7, 11) is -3.49. The van der Waals surface area contributed by atoms with Crippen LogP contribution in [0.2, 0.25) is 0 Å². The van der Waals surface area contributed by atoms with Crippen LogP contribution in [0.1, 0.15) is 24.0 Å².